The summed E-state index contributed by atoms with van der Waals surface area (Å²) in [5.74, 6) is 1.04. The third-order valence-electron chi connectivity index (χ3n) is 3.43. The molecule has 3 heterocycles. The van der Waals surface area contributed by atoms with Crippen molar-refractivity contribution >= 4 is 11.9 Å². The molecular weight excluding hydrogens is 194 g/mol. The van der Waals surface area contributed by atoms with Gasteiger partial charge in [0.15, 0.2) is 0 Å². The first kappa shape index (κ1) is 8.96. The van der Waals surface area contributed by atoms with Gasteiger partial charge in [-0.15, -0.1) is 5.10 Å². The van der Waals surface area contributed by atoms with Crippen LogP contribution in [-0.4, -0.2) is 38.5 Å². The van der Waals surface area contributed by atoms with E-state index in [2.05, 4.69) is 20.1 Å². The van der Waals surface area contributed by atoms with Crippen LogP contribution in [0.2, 0.25) is 0 Å². The Labute approximate surface area is 87.5 Å². The molecule has 2 atom stereocenters. The van der Waals surface area contributed by atoms with E-state index in [9.17, 15) is 5.11 Å². The largest absolute Gasteiger partial charge is 0.393 e. The van der Waals surface area contributed by atoms with Crippen molar-refractivity contribution in [3.8, 4) is 0 Å². The molecule has 2 aliphatic rings. The number of nitrogens with one attached hydrogen (secondary N) is 1. The minimum atomic E-state index is -0.157. The lowest BCUT2D eigenvalue weighted by molar-refractivity contribution is 0.125. The topological polar surface area (TPSA) is 91.1 Å². The summed E-state index contributed by atoms with van der Waals surface area (Å²) < 4.78 is 0. The molecule has 15 heavy (non-hydrogen) atoms. The van der Waals surface area contributed by atoms with Gasteiger partial charge in [-0.1, -0.05) is 0 Å². The quantitative estimate of drug-likeness (QED) is 0.599. The molecule has 0 radical (unpaired) electrons. The summed E-state index contributed by atoms with van der Waals surface area (Å²) in [6.45, 7) is 0. The summed E-state index contributed by atoms with van der Waals surface area (Å²) in [6, 6.07) is 0.767. The molecular formula is C9H15N5O. The number of rotatable bonds is 1. The summed E-state index contributed by atoms with van der Waals surface area (Å²) in [6.07, 6.45) is 3.73. The number of aliphatic hydroxyl groups excluding tert-OH is 1. The second-order valence-electron chi connectivity index (χ2n) is 4.44. The van der Waals surface area contributed by atoms with Gasteiger partial charge in [-0.05, 0) is 25.7 Å². The number of piperidine rings is 1. The van der Waals surface area contributed by atoms with Gasteiger partial charge >= 0.3 is 0 Å². The molecule has 0 amide bonds. The van der Waals surface area contributed by atoms with Crippen LogP contribution in [0.4, 0.5) is 11.9 Å². The molecule has 2 unspecified atom stereocenters. The molecule has 1 aromatic heterocycles. The van der Waals surface area contributed by atoms with E-state index in [1.807, 2.05) is 0 Å². The van der Waals surface area contributed by atoms with Crippen LogP contribution >= 0.6 is 0 Å². The fourth-order valence-electron chi connectivity index (χ4n) is 2.86. The fourth-order valence-corrected chi connectivity index (χ4v) is 2.86. The van der Waals surface area contributed by atoms with Crippen molar-refractivity contribution < 1.29 is 5.11 Å². The maximum Gasteiger partial charge on any atom is 0.246 e. The molecule has 2 fully saturated rings. The zero-order chi connectivity index (χ0) is 10.4. The second-order valence-corrected chi connectivity index (χ2v) is 4.44. The minimum Gasteiger partial charge on any atom is -0.393 e. The van der Waals surface area contributed by atoms with Crippen molar-refractivity contribution in [3.63, 3.8) is 0 Å². The van der Waals surface area contributed by atoms with Crippen LogP contribution in [0.15, 0.2) is 0 Å². The zero-order valence-electron chi connectivity index (χ0n) is 8.43. The molecule has 4 N–H and O–H groups in total. The predicted molar refractivity (Wildman–Crippen MR) is 55.3 cm³/mol. The van der Waals surface area contributed by atoms with Gasteiger partial charge in [0.25, 0.3) is 0 Å². The fraction of sp³-hybridized carbons (Fsp3) is 0.778. The van der Waals surface area contributed by atoms with Gasteiger partial charge in [0.1, 0.15) is 0 Å². The molecule has 2 bridgehead atoms. The Balaban J connectivity index is 1.88. The van der Waals surface area contributed by atoms with E-state index < -0.39 is 0 Å². The number of nitrogens with two attached hydrogens (primary N) is 1. The monoisotopic (exact) mass is 209 g/mol. The number of aromatic amines is 1. The van der Waals surface area contributed by atoms with Crippen LogP contribution in [0.25, 0.3) is 0 Å². The van der Waals surface area contributed by atoms with Crippen molar-refractivity contribution in [2.24, 2.45) is 0 Å². The normalized spacial score (nSPS) is 34.7. The molecule has 0 aromatic carbocycles. The van der Waals surface area contributed by atoms with E-state index in [4.69, 9.17) is 5.73 Å². The number of nitrogen functional groups attached to an aromatic ring is 1. The highest BCUT2D eigenvalue weighted by molar-refractivity contribution is 5.39. The van der Waals surface area contributed by atoms with E-state index in [1.165, 1.54) is 0 Å². The summed E-state index contributed by atoms with van der Waals surface area (Å²) in [5, 5.41) is 16.4. The van der Waals surface area contributed by atoms with Crippen molar-refractivity contribution in [1.29, 1.82) is 0 Å². The Morgan fingerprint density at radius 3 is 2.53 bits per heavy atom. The predicted octanol–water partition coefficient (Wildman–Crippen LogP) is -0.121. The lowest BCUT2D eigenvalue weighted by Crippen LogP contribution is -2.45. The van der Waals surface area contributed by atoms with Gasteiger partial charge in [0.05, 0.1) is 6.10 Å². The maximum atomic E-state index is 9.66. The van der Waals surface area contributed by atoms with Crippen molar-refractivity contribution in [2.45, 2.75) is 43.9 Å². The SMILES string of the molecule is Nc1nc(N2C3CCC2CC(O)C3)n[nH]1. The smallest absolute Gasteiger partial charge is 0.246 e. The molecule has 0 saturated carbocycles. The first-order chi connectivity index (χ1) is 7.24. The van der Waals surface area contributed by atoms with Gasteiger partial charge in [0, 0.05) is 12.1 Å². The number of fused-ring (bicyclic) bond motifs is 2. The molecule has 1 aromatic rings. The minimum absolute atomic E-state index is 0.157. The average Bonchev–Trinajstić information content (AvgIpc) is 2.69. The van der Waals surface area contributed by atoms with Gasteiger partial charge in [-0.3, -0.25) is 0 Å². The van der Waals surface area contributed by atoms with Crippen LogP contribution < -0.4 is 10.6 Å². The van der Waals surface area contributed by atoms with E-state index in [-0.39, 0.29) is 6.10 Å². The number of aliphatic hydroxyl groups is 1. The number of H-pyrrole nitrogens is 1. The van der Waals surface area contributed by atoms with Gasteiger partial charge in [0.2, 0.25) is 11.9 Å². The Bertz CT molecular complexity index is 351. The summed E-state index contributed by atoms with van der Waals surface area (Å²) >= 11 is 0. The van der Waals surface area contributed by atoms with Crippen LogP contribution in [0.5, 0.6) is 0 Å². The third kappa shape index (κ3) is 1.36. The molecule has 6 heteroatoms. The number of nitrogens with zero attached hydrogens (tertiary/aromatic N) is 3. The van der Waals surface area contributed by atoms with Crippen molar-refractivity contribution in [1.82, 2.24) is 15.2 Å². The number of hydrogen-bond acceptors (Lipinski definition) is 5. The molecule has 6 nitrogen and oxygen atoms in total. The Kier molecular flexibility index (Phi) is 1.85. The van der Waals surface area contributed by atoms with Crippen molar-refractivity contribution in [3.05, 3.63) is 0 Å². The summed E-state index contributed by atoms with van der Waals surface area (Å²) in [4.78, 5) is 6.36. The molecule has 82 valence electrons. The summed E-state index contributed by atoms with van der Waals surface area (Å²) in [7, 11) is 0. The van der Waals surface area contributed by atoms with E-state index >= 15 is 0 Å². The first-order valence-electron chi connectivity index (χ1n) is 5.38. The van der Waals surface area contributed by atoms with Crippen LogP contribution in [0, 0.1) is 0 Å². The Hall–Kier alpha value is -1.30. The first-order valence-corrected chi connectivity index (χ1v) is 5.38. The van der Waals surface area contributed by atoms with Gasteiger partial charge in [-0.25, -0.2) is 5.10 Å². The molecule has 2 saturated heterocycles. The van der Waals surface area contributed by atoms with Crippen LogP contribution in [-0.2, 0) is 0 Å². The highest BCUT2D eigenvalue weighted by atomic mass is 16.3. The lowest BCUT2D eigenvalue weighted by atomic mass is 10.0. The Morgan fingerprint density at radius 1 is 1.33 bits per heavy atom. The van der Waals surface area contributed by atoms with Gasteiger partial charge in [-0.2, -0.15) is 4.98 Å². The van der Waals surface area contributed by atoms with Crippen LogP contribution in [0.1, 0.15) is 25.7 Å². The number of aromatic nitrogens is 3. The molecule has 3 rings (SSSR count). The summed E-state index contributed by atoms with van der Waals surface area (Å²) in [5.41, 5.74) is 5.52. The molecule has 0 aliphatic carbocycles. The third-order valence-corrected chi connectivity index (χ3v) is 3.43. The number of hydrogen-bond donors (Lipinski definition) is 3. The average molecular weight is 209 g/mol. The van der Waals surface area contributed by atoms with E-state index in [0.29, 0.717) is 24.0 Å². The van der Waals surface area contributed by atoms with E-state index in [0.717, 1.165) is 25.7 Å². The molecule has 0 spiro atoms. The Morgan fingerprint density at radius 2 is 2.00 bits per heavy atom. The van der Waals surface area contributed by atoms with E-state index in [1.54, 1.807) is 0 Å². The molecule has 2 aliphatic heterocycles. The standard InChI is InChI=1S/C9H15N5O/c10-8-11-9(13-12-8)14-5-1-2-6(14)4-7(15)3-5/h5-7,15H,1-4H2,(H3,10,11,12,13). The second kappa shape index (κ2) is 3.10. The maximum absolute atomic E-state index is 9.66. The van der Waals surface area contributed by atoms with Gasteiger partial charge < -0.3 is 15.7 Å². The highest BCUT2D eigenvalue weighted by Gasteiger charge is 2.41. The van der Waals surface area contributed by atoms with Crippen molar-refractivity contribution in [2.75, 3.05) is 10.6 Å². The van der Waals surface area contributed by atoms with Crippen LogP contribution in [0.3, 0.4) is 0 Å². The number of anilines is 2. The zero-order valence-corrected chi connectivity index (χ0v) is 8.43. The highest BCUT2D eigenvalue weighted by Crippen LogP contribution is 2.37. The lowest BCUT2D eigenvalue weighted by Gasteiger charge is -2.36.